The van der Waals surface area contributed by atoms with Crippen LogP contribution >= 0.6 is 31.9 Å². The molecule has 0 heterocycles. The molecular formula is C15H24Br2OSi. The standard InChI is InChI=1S/C15H24Br2OSi/c1-10(2)19(11(3)4,12(5)6)18-15-8-7-13(16)9-14(15)17/h7-12H,1-6H3. The zero-order valence-electron chi connectivity index (χ0n) is 12.6. The average molecular weight is 408 g/mol. The van der Waals surface area contributed by atoms with Crippen molar-refractivity contribution in [1.82, 2.24) is 0 Å². The van der Waals surface area contributed by atoms with Gasteiger partial charge in [-0.25, -0.2) is 0 Å². The van der Waals surface area contributed by atoms with Crippen LogP contribution in [0.3, 0.4) is 0 Å². The Morgan fingerprint density at radius 3 is 1.74 bits per heavy atom. The highest BCUT2D eigenvalue weighted by Gasteiger charge is 2.47. The highest BCUT2D eigenvalue weighted by molar-refractivity contribution is 9.11. The topological polar surface area (TPSA) is 9.23 Å². The van der Waals surface area contributed by atoms with Crippen LogP contribution in [-0.4, -0.2) is 8.32 Å². The number of hydrogen-bond acceptors (Lipinski definition) is 1. The van der Waals surface area contributed by atoms with Crippen molar-refractivity contribution in [1.29, 1.82) is 0 Å². The second-order valence-electron chi connectivity index (χ2n) is 5.99. The molecule has 0 saturated carbocycles. The van der Waals surface area contributed by atoms with Crippen LogP contribution in [0.4, 0.5) is 0 Å². The third kappa shape index (κ3) is 3.64. The Morgan fingerprint density at radius 2 is 1.37 bits per heavy atom. The zero-order valence-corrected chi connectivity index (χ0v) is 16.8. The lowest BCUT2D eigenvalue weighted by Crippen LogP contribution is -2.50. The van der Waals surface area contributed by atoms with E-state index in [0.717, 1.165) is 14.7 Å². The van der Waals surface area contributed by atoms with Crippen LogP contribution < -0.4 is 4.43 Å². The molecule has 4 heteroatoms. The van der Waals surface area contributed by atoms with E-state index in [4.69, 9.17) is 4.43 Å². The molecule has 19 heavy (non-hydrogen) atoms. The van der Waals surface area contributed by atoms with Gasteiger partial charge < -0.3 is 4.43 Å². The minimum Gasteiger partial charge on any atom is -0.542 e. The van der Waals surface area contributed by atoms with Gasteiger partial charge in [0.15, 0.2) is 0 Å². The van der Waals surface area contributed by atoms with Crippen LogP contribution in [0.15, 0.2) is 27.1 Å². The van der Waals surface area contributed by atoms with Gasteiger partial charge in [-0.15, -0.1) is 0 Å². The van der Waals surface area contributed by atoms with Crippen molar-refractivity contribution in [3.8, 4) is 5.75 Å². The molecule has 0 radical (unpaired) electrons. The fourth-order valence-corrected chi connectivity index (χ4v) is 9.65. The van der Waals surface area contributed by atoms with E-state index in [1.54, 1.807) is 0 Å². The molecule has 0 aliphatic rings. The Labute approximate surface area is 135 Å². The molecule has 1 rings (SSSR count). The zero-order chi connectivity index (χ0) is 14.8. The van der Waals surface area contributed by atoms with E-state index in [1.807, 2.05) is 6.07 Å². The summed E-state index contributed by atoms with van der Waals surface area (Å²) in [7, 11) is -1.86. The van der Waals surface area contributed by atoms with Gasteiger partial charge in [0.05, 0.1) is 4.47 Å². The third-order valence-electron chi connectivity index (χ3n) is 3.89. The van der Waals surface area contributed by atoms with E-state index in [-0.39, 0.29) is 0 Å². The van der Waals surface area contributed by atoms with Crippen molar-refractivity contribution in [2.75, 3.05) is 0 Å². The molecule has 0 atom stereocenters. The van der Waals surface area contributed by atoms with Crippen molar-refractivity contribution < 1.29 is 4.43 Å². The van der Waals surface area contributed by atoms with Crippen LogP contribution in [0.2, 0.25) is 16.6 Å². The summed E-state index contributed by atoms with van der Waals surface area (Å²) in [6, 6.07) is 6.15. The lowest BCUT2D eigenvalue weighted by Gasteiger charge is -2.42. The minimum absolute atomic E-state index is 0.586. The molecule has 1 aromatic carbocycles. The van der Waals surface area contributed by atoms with Gasteiger partial charge >= 0.3 is 0 Å². The summed E-state index contributed by atoms with van der Waals surface area (Å²) in [4.78, 5) is 0. The Bertz CT molecular complexity index is 408. The molecule has 0 bridgehead atoms. The van der Waals surface area contributed by atoms with Crippen LogP contribution in [0.1, 0.15) is 41.5 Å². The van der Waals surface area contributed by atoms with Gasteiger partial charge in [0.1, 0.15) is 5.75 Å². The molecule has 0 amide bonds. The molecular weight excluding hydrogens is 384 g/mol. The fraction of sp³-hybridized carbons (Fsp3) is 0.600. The summed E-state index contributed by atoms with van der Waals surface area (Å²) in [5.74, 6) is 0.978. The second-order valence-corrected chi connectivity index (χ2v) is 13.1. The molecule has 1 nitrogen and oxygen atoms in total. The van der Waals surface area contributed by atoms with Gasteiger partial charge in [0, 0.05) is 4.47 Å². The Morgan fingerprint density at radius 1 is 0.895 bits per heavy atom. The number of hydrogen-bond donors (Lipinski definition) is 0. The first kappa shape index (κ1) is 17.2. The molecule has 0 aliphatic carbocycles. The number of rotatable bonds is 5. The van der Waals surface area contributed by atoms with E-state index in [9.17, 15) is 0 Å². The summed E-state index contributed by atoms with van der Waals surface area (Å²) in [5.41, 5.74) is 1.76. The van der Waals surface area contributed by atoms with E-state index in [1.165, 1.54) is 0 Å². The van der Waals surface area contributed by atoms with Crippen molar-refractivity contribution in [2.24, 2.45) is 0 Å². The first-order valence-corrected chi connectivity index (χ1v) is 10.6. The molecule has 0 N–H and O–H groups in total. The predicted molar refractivity (Wildman–Crippen MR) is 93.5 cm³/mol. The molecule has 0 aliphatic heterocycles. The molecule has 0 fully saturated rings. The highest BCUT2D eigenvalue weighted by Crippen LogP contribution is 2.44. The molecule has 0 aromatic heterocycles. The molecule has 0 spiro atoms. The molecule has 108 valence electrons. The lowest BCUT2D eigenvalue weighted by molar-refractivity contribution is 0.477. The van der Waals surface area contributed by atoms with E-state index < -0.39 is 8.32 Å². The maximum atomic E-state index is 6.64. The van der Waals surface area contributed by atoms with Gasteiger partial charge in [0.2, 0.25) is 0 Å². The normalized spacial score (nSPS) is 12.6. The number of benzene rings is 1. The van der Waals surface area contributed by atoms with Crippen LogP contribution in [0.5, 0.6) is 5.75 Å². The van der Waals surface area contributed by atoms with Crippen LogP contribution in [0, 0.1) is 0 Å². The van der Waals surface area contributed by atoms with Gasteiger partial charge in [-0.3, -0.25) is 0 Å². The monoisotopic (exact) mass is 406 g/mol. The maximum absolute atomic E-state index is 6.64. The van der Waals surface area contributed by atoms with Gasteiger partial charge in [-0.1, -0.05) is 57.5 Å². The molecule has 1 aromatic rings. The number of halogens is 2. The van der Waals surface area contributed by atoms with Crippen molar-refractivity contribution in [3.63, 3.8) is 0 Å². The Kier molecular flexibility index (Phi) is 6.14. The van der Waals surface area contributed by atoms with E-state index in [0.29, 0.717) is 16.6 Å². The predicted octanol–water partition coefficient (Wildman–Crippen LogP) is 6.77. The quantitative estimate of drug-likeness (QED) is 0.489. The van der Waals surface area contributed by atoms with Crippen LogP contribution in [-0.2, 0) is 0 Å². The minimum atomic E-state index is -1.86. The highest BCUT2D eigenvalue weighted by atomic mass is 79.9. The summed E-state index contributed by atoms with van der Waals surface area (Å²) in [5, 5.41) is 0. The summed E-state index contributed by atoms with van der Waals surface area (Å²) in [6.07, 6.45) is 0. The first-order valence-electron chi connectivity index (χ1n) is 6.85. The summed E-state index contributed by atoms with van der Waals surface area (Å²) < 4.78 is 8.74. The van der Waals surface area contributed by atoms with Gasteiger partial charge in [0.25, 0.3) is 8.32 Å². The lowest BCUT2D eigenvalue weighted by atomic mass is 10.3. The Hall–Kier alpha value is 0.197. The van der Waals surface area contributed by atoms with Gasteiger partial charge in [-0.05, 0) is 50.8 Å². The summed E-state index contributed by atoms with van der Waals surface area (Å²) >= 11 is 7.10. The first-order chi connectivity index (χ1) is 8.71. The van der Waals surface area contributed by atoms with Crippen LogP contribution in [0.25, 0.3) is 0 Å². The van der Waals surface area contributed by atoms with Crippen molar-refractivity contribution >= 4 is 40.2 Å². The third-order valence-corrected chi connectivity index (χ3v) is 11.0. The second kappa shape index (κ2) is 6.77. The van der Waals surface area contributed by atoms with Gasteiger partial charge in [-0.2, -0.15) is 0 Å². The smallest absolute Gasteiger partial charge is 0.258 e. The molecule has 0 unspecified atom stereocenters. The van der Waals surface area contributed by atoms with Crippen molar-refractivity contribution in [2.45, 2.75) is 58.2 Å². The van der Waals surface area contributed by atoms with E-state index in [2.05, 4.69) is 85.5 Å². The summed E-state index contributed by atoms with van der Waals surface area (Å²) in [6.45, 7) is 13.8. The average Bonchev–Trinajstić information content (AvgIpc) is 2.26. The molecule has 0 saturated heterocycles. The van der Waals surface area contributed by atoms with E-state index >= 15 is 0 Å². The SMILES string of the molecule is CC(C)[Si](Oc1ccc(Br)cc1Br)(C(C)C)C(C)C. The Balaban J connectivity index is 3.21. The largest absolute Gasteiger partial charge is 0.542 e. The van der Waals surface area contributed by atoms with Crippen molar-refractivity contribution in [3.05, 3.63) is 27.1 Å². The maximum Gasteiger partial charge on any atom is 0.258 e. The fourth-order valence-electron chi connectivity index (χ4n) is 3.10.